The van der Waals surface area contributed by atoms with Crippen LogP contribution < -0.4 is 0 Å². The van der Waals surface area contributed by atoms with E-state index in [2.05, 4.69) is 15.2 Å². The number of nitrogens with zero attached hydrogens (tertiary/aromatic N) is 3. The molecule has 4 nitrogen and oxygen atoms in total. The highest BCUT2D eigenvalue weighted by Crippen LogP contribution is 2.14. The number of aromatic nitrogens is 3. The van der Waals surface area contributed by atoms with Gasteiger partial charge in [-0.3, -0.25) is 0 Å². The molecule has 11 heavy (non-hydrogen) atoms. The van der Waals surface area contributed by atoms with Gasteiger partial charge in [-0.25, -0.2) is 4.98 Å². The quantitative estimate of drug-likeness (QED) is 0.639. The van der Waals surface area contributed by atoms with E-state index in [1.54, 1.807) is 6.92 Å². The molecule has 1 aromatic heterocycles. The molecular weight excluding hydrogens is 142 g/mol. The molecule has 0 saturated heterocycles. The molecule has 0 fully saturated rings. The zero-order valence-corrected chi connectivity index (χ0v) is 6.37. The first-order valence-corrected chi connectivity index (χ1v) is 3.14. The van der Waals surface area contributed by atoms with E-state index < -0.39 is 12.5 Å². The molecule has 0 saturated carbocycles. The van der Waals surface area contributed by atoms with E-state index in [0.717, 1.165) is 6.20 Å². The fourth-order valence-corrected chi connectivity index (χ4v) is 0.627. The van der Waals surface area contributed by atoms with Crippen LogP contribution in [0.5, 0.6) is 0 Å². The average molecular weight is 156 g/mol. The van der Waals surface area contributed by atoms with Gasteiger partial charge >= 0.3 is 0 Å². The molecule has 4 heteroatoms. The molecule has 1 atom stereocenters. The van der Waals surface area contributed by atoms with Gasteiger partial charge in [0.05, 0.1) is 11.9 Å². The van der Waals surface area contributed by atoms with Gasteiger partial charge in [-0.15, -0.1) is 5.10 Å². The van der Waals surface area contributed by atoms with Crippen molar-refractivity contribution in [2.75, 3.05) is 0 Å². The van der Waals surface area contributed by atoms with Gasteiger partial charge < -0.3 is 5.11 Å². The van der Waals surface area contributed by atoms with Crippen LogP contribution in [-0.4, -0.2) is 20.3 Å². The Morgan fingerprint density at radius 1 is 1.73 bits per heavy atom. The van der Waals surface area contributed by atoms with Gasteiger partial charge in [-0.2, -0.15) is 5.10 Å². The molecular formula is C7H11N3O. The summed E-state index contributed by atoms with van der Waals surface area (Å²) in [6, 6.07) is 0. The second-order valence-corrected chi connectivity index (χ2v) is 2.46. The molecule has 0 aliphatic rings. The summed E-state index contributed by atoms with van der Waals surface area (Å²) in [5.74, 6) is 0.326. The van der Waals surface area contributed by atoms with E-state index in [1.807, 2.05) is 0 Å². The van der Waals surface area contributed by atoms with Crippen LogP contribution in [0.1, 0.15) is 29.4 Å². The molecule has 1 aromatic rings. The Bertz CT molecular complexity index is 337. The lowest BCUT2D eigenvalue weighted by atomic mass is 10.1. The van der Waals surface area contributed by atoms with Gasteiger partial charge in [0.1, 0.15) is 11.4 Å². The van der Waals surface area contributed by atoms with Crippen molar-refractivity contribution in [2.45, 2.75) is 26.3 Å². The number of hydrogen-bond acceptors (Lipinski definition) is 4. The first kappa shape index (κ1) is 4.77. The highest BCUT2D eigenvalue weighted by atomic mass is 16.3. The summed E-state index contributed by atoms with van der Waals surface area (Å²) < 4.78 is 21.4. The third-order valence-electron chi connectivity index (χ3n) is 1.16. The fourth-order valence-electron chi connectivity index (χ4n) is 0.627. The minimum absolute atomic E-state index is 0.00463. The van der Waals surface area contributed by atoms with Gasteiger partial charge in [-0.1, -0.05) is 0 Å². The van der Waals surface area contributed by atoms with Gasteiger partial charge in [0.15, 0.2) is 0 Å². The number of hydrogen-bond donors (Lipinski definition) is 1. The van der Waals surface area contributed by atoms with Crippen molar-refractivity contribution >= 4 is 0 Å². The van der Waals surface area contributed by atoms with E-state index in [9.17, 15) is 5.11 Å². The van der Waals surface area contributed by atoms with Crippen LogP contribution in [-0.2, 0) is 5.60 Å². The van der Waals surface area contributed by atoms with Crippen molar-refractivity contribution in [3.63, 3.8) is 0 Å². The summed E-state index contributed by atoms with van der Waals surface area (Å²) in [4.78, 5) is 3.83. The van der Waals surface area contributed by atoms with Gasteiger partial charge in [0, 0.05) is 4.11 Å². The monoisotopic (exact) mass is 156 g/mol. The Morgan fingerprint density at radius 2 is 2.45 bits per heavy atom. The molecule has 1 N–H and O–H groups in total. The Labute approximate surface area is 69.5 Å². The lowest BCUT2D eigenvalue weighted by molar-refractivity contribution is 0.0729. The zero-order valence-electron chi connectivity index (χ0n) is 9.37. The summed E-state index contributed by atoms with van der Waals surface area (Å²) in [5.41, 5.74) is -1.99. The van der Waals surface area contributed by atoms with Crippen LogP contribution in [0, 0.1) is 6.92 Å². The Hall–Kier alpha value is -1.03. The second kappa shape index (κ2) is 2.54. The number of aliphatic hydroxyl groups is 1. The minimum atomic E-state index is -2.53. The van der Waals surface area contributed by atoms with Crippen molar-refractivity contribution in [1.29, 1.82) is 0 Å². The van der Waals surface area contributed by atoms with Crippen LogP contribution in [0.25, 0.3) is 0 Å². The van der Waals surface area contributed by atoms with E-state index in [0.29, 0.717) is 5.82 Å². The smallest absolute Gasteiger partial charge is 0.148 e. The lowest BCUT2D eigenvalue weighted by Crippen LogP contribution is -2.18. The van der Waals surface area contributed by atoms with Crippen molar-refractivity contribution in [1.82, 2.24) is 15.2 Å². The van der Waals surface area contributed by atoms with Crippen LogP contribution >= 0.6 is 0 Å². The first-order chi connectivity index (χ1) is 6.25. The predicted molar refractivity (Wildman–Crippen MR) is 39.8 cm³/mol. The zero-order chi connectivity index (χ0) is 11.0. The van der Waals surface area contributed by atoms with Gasteiger partial charge in [-0.05, 0) is 20.7 Å². The third kappa shape index (κ3) is 1.94. The highest BCUT2D eigenvalue weighted by molar-refractivity contribution is 5.04. The molecule has 60 valence electrons. The maximum atomic E-state index is 9.75. The summed E-state index contributed by atoms with van der Waals surface area (Å²) in [5, 5.41) is 16.9. The van der Waals surface area contributed by atoms with Crippen LogP contribution in [0.2, 0.25) is 0 Å². The minimum Gasteiger partial charge on any atom is -0.384 e. The summed E-state index contributed by atoms with van der Waals surface area (Å²) in [6.07, 6.45) is 1.15. The van der Waals surface area contributed by atoms with Gasteiger partial charge in [0.2, 0.25) is 0 Å². The Kier molecular flexibility index (Phi) is 1.10. The summed E-state index contributed by atoms with van der Waals surface area (Å²) >= 11 is 0. The molecule has 0 amide bonds. The van der Waals surface area contributed by atoms with E-state index in [-0.39, 0.29) is 5.69 Å². The van der Waals surface area contributed by atoms with Crippen molar-refractivity contribution in [3.8, 4) is 0 Å². The lowest BCUT2D eigenvalue weighted by Gasteiger charge is -2.14. The van der Waals surface area contributed by atoms with Crippen molar-refractivity contribution in [3.05, 3.63) is 17.7 Å². The van der Waals surface area contributed by atoms with E-state index in [1.165, 1.54) is 6.92 Å². The number of aryl methyl sites for hydroxylation is 1. The SMILES string of the molecule is [2H]C([2H])([2H])C(C)(O)c1cnnc(C)n1. The molecule has 0 aliphatic heterocycles. The van der Waals surface area contributed by atoms with E-state index in [4.69, 9.17) is 4.11 Å². The summed E-state index contributed by atoms with van der Waals surface area (Å²) in [7, 11) is 0. The highest BCUT2D eigenvalue weighted by Gasteiger charge is 2.17. The Balaban J connectivity index is 3.16. The molecule has 0 aliphatic carbocycles. The van der Waals surface area contributed by atoms with Gasteiger partial charge in [0.25, 0.3) is 0 Å². The van der Waals surface area contributed by atoms with Crippen molar-refractivity contribution < 1.29 is 9.22 Å². The molecule has 0 aromatic carbocycles. The van der Waals surface area contributed by atoms with E-state index >= 15 is 0 Å². The van der Waals surface area contributed by atoms with Crippen LogP contribution in [0.4, 0.5) is 0 Å². The van der Waals surface area contributed by atoms with Crippen molar-refractivity contribution in [2.24, 2.45) is 0 Å². The van der Waals surface area contributed by atoms with Crippen LogP contribution in [0.15, 0.2) is 6.20 Å². The molecule has 1 rings (SSSR count). The molecule has 0 bridgehead atoms. The average Bonchev–Trinajstić information content (AvgIpc) is 2.02. The topological polar surface area (TPSA) is 58.9 Å². The Morgan fingerprint density at radius 3 is 3.00 bits per heavy atom. The third-order valence-corrected chi connectivity index (χ3v) is 1.16. The molecule has 1 unspecified atom stereocenters. The fraction of sp³-hybridized carbons (Fsp3) is 0.571. The predicted octanol–water partition coefficient (Wildman–Crippen LogP) is 0.407. The molecule has 0 spiro atoms. The normalized spacial score (nSPS) is 21.2. The van der Waals surface area contributed by atoms with Crippen LogP contribution in [0.3, 0.4) is 0 Å². The second-order valence-electron chi connectivity index (χ2n) is 2.46. The molecule has 1 heterocycles. The summed E-state index contributed by atoms with van der Waals surface area (Å²) in [6.45, 7) is 0.227. The standard InChI is InChI=1S/C7H11N3O/c1-5-9-6(4-8-10-5)7(2,3)11/h4,11H,1-3H3/i2D3. The maximum Gasteiger partial charge on any atom is 0.148 e. The maximum absolute atomic E-state index is 9.75. The first-order valence-electron chi connectivity index (χ1n) is 4.64. The largest absolute Gasteiger partial charge is 0.384 e. The molecule has 0 radical (unpaired) electrons. The number of rotatable bonds is 1.